The highest BCUT2D eigenvalue weighted by atomic mass is 32.2. The number of benzene rings is 7. The number of ketones is 1. The van der Waals surface area contributed by atoms with E-state index in [0.717, 1.165) is 119 Å². The molecule has 0 spiro atoms. The van der Waals surface area contributed by atoms with Crippen LogP contribution in [-0.4, -0.2) is 66.1 Å². The summed E-state index contributed by atoms with van der Waals surface area (Å²) in [7, 11) is -8.34. The summed E-state index contributed by atoms with van der Waals surface area (Å²) in [5.41, 5.74) is 18.3. The van der Waals surface area contributed by atoms with E-state index in [2.05, 4.69) is 161 Å². The van der Waals surface area contributed by atoms with Crippen molar-refractivity contribution in [2.45, 2.75) is 111 Å². The van der Waals surface area contributed by atoms with Crippen LogP contribution in [0.3, 0.4) is 0 Å². The van der Waals surface area contributed by atoms with Crippen LogP contribution in [-0.2, 0) is 37.5 Å². The van der Waals surface area contributed by atoms with E-state index < -0.39 is 31.7 Å². The minimum Gasteiger partial charge on any atom is -0.456 e. The molecule has 1 atom stereocenters. The highest BCUT2D eigenvalue weighted by Gasteiger charge is 2.46. The summed E-state index contributed by atoms with van der Waals surface area (Å²) in [5, 5.41) is 7.28. The van der Waals surface area contributed by atoms with Gasteiger partial charge in [0.1, 0.15) is 18.0 Å². The average molecular weight is 1180 g/mol. The number of carbonyl (C=O) groups is 1. The lowest BCUT2D eigenvalue weighted by Gasteiger charge is -2.32. The molecule has 3 aliphatic heterocycles. The molecule has 0 fully saturated rings. The molecule has 86 heavy (non-hydrogen) atoms. The summed E-state index contributed by atoms with van der Waals surface area (Å²) in [6.45, 7) is 17.8. The minimum atomic E-state index is -4.28. The molecule has 3 N–H and O–H groups in total. The van der Waals surface area contributed by atoms with Crippen LogP contribution in [0.25, 0.3) is 33.2 Å². The molecule has 440 valence electrons. The first kappa shape index (κ1) is 61.0. The predicted molar refractivity (Wildman–Crippen MR) is 354 cm³/mol. The number of hydrogen-bond donors (Lipinski definition) is 3. The summed E-state index contributed by atoms with van der Waals surface area (Å²) in [4.78, 5) is 17.7. The normalized spacial score (nSPS) is 16.0. The molecule has 0 aromatic heterocycles. The molecule has 12 heteroatoms. The molecule has 0 amide bonds. The van der Waals surface area contributed by atoms with Gasteiger partial charge in [0.25, 0.3) is 10.1 Å². The van der Waals surface area contributed by atoms with Gasteiger partial charge in [-0.15, -0.1) is 11.5 Å². The first-order valence-corrected chi connectivity index (χ1v) is 32.7. The zero-order valence-electron chi connectivity index (χ0n) is 50.2. The number of ether oxygens (including phenoxy) is 1. The van der Waals surface area contributed by atoms with Crippen molar-refractivity contribution < 1.29 is 40.4 Å². The van der Waals surface area contributed by atoms with Crippen molar-refractivity contribution in [2.75, 3.05) is 17.2 Å². The zero-order valence-corrected chi connectivity index (χ0v) is 51.9. The van der Waals surface area contributed by atoms with Crippen LogP contribution in [0.4, 0.5) is 11.4 Å². The van der Waals surface area contributed by atoms with Crippen molar-refractivity contribution in [3.8, 4) is 11.5 Å². The van der Waals surface area contributed by atoms with Gasteiger partial charge >= 0.3 is 0 Å². The second-order valence-corrected chi connectivity index (χ2v) is 26.5. The van der Waals surface area contributed by atoms with Crippen molar-refractivity contribution in [2.24, 2.45) is 0 Å². The number of carbonyl (C=O) groups excluding carboxylic acids is 1. The van der Waals surface area contributed by atoms with Gasteiger partial charge in [0.15, 0.2) is 21.6 Å². The Morgan fingerprint density at radius 3 is 2.12 bits per heavy atom. The Labute approximate surface area is 506 Å². The van der Waals surface area contributed by atoms with Gasteiger partial charge < -0.3 is 9.64 Å². The van der Waals surface area contributed by atoms with E-state index in [0.29, 0.717) is 24.9 Å². The van der Waals surface area contributed by atoms with Crippen molar-refractivity contribution in [1.29, 1.82) is 0 Å². The largest absolute Gasteiger partial charge is 0.456 e. The second kappa shape index (κ2) is 25.1. The molecule has 0 saturated carbocycles. The van der Waals surface area contributed by atoms with Gasteiger partial charge in [0, 0.05) is 74.6 Å². The smallest absolute Gasteiger partial charge is 0.264 e. The van der Waals surface area contributed by atoms with E-state index in [1.807, 2.05) is 72.8 Å². The number of anilines is 1. The van der Waals surface area contributed by atoms with E-state index in [9.17, 15) is 26.3 Å². The zero-order chi connectivity index (χ0) is 61.1. The van der Waals surface area contributed by atoms with E-state index >= 15 is 4.79 Å². The number of aryl methyl sites for hydroxylation is 3. The topological polar surface area (TPSA) is 144 Å². The number of rotatable bonds is 19. The Kier molecular flexibility index (Phi) is 17.8. The van der Waals surface area contributed by atoms with Crippen molar-refractivity contribution in [3.05, 3.63) is 248 Å². The molecule has 0 aliphatic carbocycles. The fraction of sp³-hybridized carbons (Fsp3) is 0.257. The molecule has 1 unspecified atom stereocenters. The summed E-state index contributed by atoms with van der Waals surface area (Å²) >= 11 is 0. The number of unbranched alkanes of at least 4 members (excludes halogenated alkanes) is 1. The molecule has 7 aromatic rings. The number of allylic oxidation sites excluding steroid dienone is 7. The van der Waals surface area contributed by atoms with Crippen LogP contribution in [0.15, 0.2) is 193 Å². The fourth-order valence-electron chi connectivity index (χ4n) is 13.0. The third kappa shape index (κ3) is 12.6. The Morgan fingerprint density at radius 1 is 0.721 bits per heavy atom. The Balaban J connectivity index is 1.02. The lowest BCUT2D eigenvalue weighted by atomic mass is 9.79. The molecule has 10 rings (SSSR count). The maximum atomic E-state index is 15.6. The van der Waals surface area contributed by atoms with Crippen molar-refractivity contribution >= 4 is 81.6 Å². The third-order valence-corrected chi connectivity index (χ3v) is 18.2. The molecule has 3 heterocycles. The van der Waals surface area contributed by atoms with Gasteiger partial charge in [-0.1, -0.05) is 131 Å². The summed E-state index contributed by atoms with van der Waals surface area (Å²) in [6.07, 6.45) is 22.2. The minimum absolute atomic E-state index is 0.0497. The molecule has 0 radical (unpaired) electrons. The molecule has 0 bridgehead atoms. The maximum absolute atomic E-state index is 15.6. The highest BCUT2D eigenvalue weighted by molar-refractivity contribution is 7.91. The maximum Gasteiger partial charge on any atom is 0.264 e. The summed E-state index contributed by atoms with van der Waals surface area (Å²) in [6, 6.07) is 40.6. The number of Topliss-reactive ketones (excluding diaryl/α,β-unsaturated/α-hetero) is 1. The molecule has 10 nitrogen and oxygen atoms in total. The number of hydrogen-bond acceptors (Lipinski definition) is 6. The SMILES string of the molecule is CC/C=c1/cc2c(cc1C)=C(c1ccccc1C(=O)CC(/C=C/C=S(=O)(O)O)N1/C(=C\C=C=CC=C=C/C=C/C3=[N+](CCCCS(=O)(=O)O)c4ccc5ccccc5c4C3(C)C)C(C)(C)c3c1ccc1ccccc31)c1cc(C)c(CCC)cc1O2. The molecular weight excluding hydrogens is 1110 g/mol. The van der Waals surface area contributed by atoms with E-state index in [1.54, 1.807) is 18.2 Å². The van der Waals surface area contributed by atoms with E-state index in [1.165, 1.54) is 22.6 Å². The van der Waals surface area contributed by atoms with Crippen LogP contribution >= 0.6 is 0 Å². The van der Waals surface area contributed by atoms with Crippen LogP contribution < -0.4 is 20.1 Å². The Morgan fingerprint density at radius 2 is 1.41 bits per heavy atom. The standard InChI is InChI=1S/C74H74N2O8S2/c1-9-27-54-47-66-61(45-50(54)3)70(62-46-51(4)55(28-10-2)48-67(62)84-66)60-35-23-22-34-59(60)65(77)49-56(31-26-44-86(81,82)83)76-64-41-39-53-30-19-21-33-58(53)72(64)74(7,8)69(76)37-17-15-13-11-12-14-16-36-68-73(5,6)71-57-32-20-18-29-52(57)38-40-63(71)75(68)42-24-25-43-85(78,79)80/h11,13-14,16-23,26-27,29-41,44-48,56H,9-10,24-25,28,42-43,49H2,1-8H3,(H2-,78,79,80,81,82,83)/p+1/b31-26+,36-16+,54-27-,69-37-. The van der Waals surface area contributed by atoms with Gasteiger partial charge in [-0.25, -0.2) is 4.21 Å². The summed E-state index contributed by atoms with van der Waals surface area (Å²) < 4.78 is 74.2. The monoisotopic (exact) mass is 1180 g/mol. The number of fused-ring (bicyclic) bond motifs is 8. The van der Waals surface area contributed by atoms with Crippen molar-refractivity contribution in [1.82, 2.24) is 0 Å². The predicted octanol–water partition coefficient (Wildman–Crippen LogP) is 15.0. The van der Waals surface area contributed by atoms with E-state index in [4.69, 9.17) is 4.74 Å². The van der Waals surface area contributed by atoms with E-state index in [-0.39, 0.29) is 23.4 Å². The van der Waals surface area contributed by atoms with Crippen LogP contribution in [0.2, 0.25) is 0 Å². The van der Waals surface area contributed by atoms with Crippen LogP contribution in [0.1, 0.15) is 123 Å². The van der Waals surface area contributed by atoms with Gasteiger partial charge in [-0.2, -0.15) is 13.0 Å². The third-order valence-electron chi connectivity index (χ3n) is 16.9. The van der Waals surface area contributed by atoms with Crippen molar-refractivity contribution in [3.63, 3.8) is 0 Å². The summed E-state index contributed by atoms with van der Waals surface area (Å²) in [5.74, 6) is 1.03. The number of nitrogens with zero attached hydrogens (tertiary/aromatic N) is 2. The molecule has 3 aliphatic rings. The lowest BCUT2D eigenvalue weighted by Crippen LogP contribution is -2.36. The Bertz CT molecular complexity index is 4540. The molecule has 0 saturated heterocycles. The van der Waals surface area contributed by atoms with Gasteiger partial charge in [0.05, 0.1) is 17.2 Å². The van der Waals surface area contributed by atoms with Crippen LogP contribution in [0.5, 0.6) is 11.5 Å². The highest BCUT2D eigenvalue weighted by Crippen LogP contribution is 2.52. The quantitative estimate of drug-likeness (QED) is 0.0105. The molecule has 7 aromatic carbocycles. The van der Waals surface area contributed by atoms with Gasteiger partial charge in [0.2, 0.25) is 5.69 Å². The molecular formula is C74H75N2O8S2+. The average Bonchev–Trinajstić information content (AvgIpc) is 2.04. The van der Waals surface area contributed by atoms with Crippen LogP contribution in [0, 0.1) is 13.8 Å². The van der Waals surface area contributed by atoms with Gasteiger partial charge in [-0.3, -0.25) is 18.5 Å². The first-order chi connectivity index (χ1) is 41.1. The Hall–Kier alpha value is -8.15. The van der Waals surface area contributed by atoms with Gasteiger partial charge in [-0.05, 0) is 174 Å². The second-order valence-electron chi connectivity index (χ2n) is 23.5. The lowest BCUT2D eigenvalue weighted by molar-refractivity contribution is -0.438. The fourth-order valence-corrected chi connectivity index (χ4v) is 13.8. The first-order valence-electron chi connectivity index (χ1n) is 29.6.